The second-order valence-corrected chi connectivity index (χ2v) is 4.01. The summed E-state index contributed by atoms with van der Waals surface area (Å²) in [7, 11) is 0. The van der Waals surface area contributed by atoms with Crippen LogP contribution in [-0.4, -0.2) is 29.0 Å². The maximum absolute atomic E-state index is 11.9. The number of aromatic nitrogens is 1. The molecule has 0 aliphatic rings. The summed E-state index contributed by atoms with van der Waals surface area (Å²) < 4.78 is 0. The summed E-state index contributed by atoms with van der Waals surface area (Å²) >= 11 is 0. The number of nitrogens with zero attached hydrogens (tertiary/aromatic N) is 2. The van der Waals surface area contributed by atoms with Crippen LogP contribution in [0.2, 0.25) is 0 Å². The second kappa shape index (κ2) is 7.65. The van der Waals surface area contributed by atoms with E-state index < -0.39 is 0 Å². The number of carbonyl (C=O) groups excluding carboxylic acids is 1. The van der Waals surface area contributed by atoms with Crippen molar-refractivity contribution < 1.29 is 4.79 Å². The number of hydrogen-bond acceptors (Lipinski definition) is 2. The lowest BCUT2D eigenvalue weighted by molar-refractivity contribution is 0.197. The Labute approximate surface area is 103 Å². The molecule has 0 aliphatic heterocycles. The number of nitrogens with one attached hydrogen (secondary N) is 1. The first-order valence-electron chi connectivity index (χ1n) is 6.19. The largest absolute Gasteiger partial charge is 0.334 e. The van der Waals surface area contributed by atoms with E-state index >= 15 is 0 Å². The first-order valence-corrected chi connectivity index (χ1v) is 6.19. The Morgan fingerprint density at radius 2 is 2.06 bits per heavy atom. The van der Waals surface area contributed by atoms with Crippen molar-refractivity contribution in [3.63, 3.8) is 0 Å². The third kappa shape index (κ3) is 4.85. The van der Waals surface area contributed by atoms with Crippen molar-refractivity contribution >= 4 is 6.03 Å². The average molecular weight is 235 g/mol. The average Bonchev–Trinajstić information content (AvgIpc) is 2.37. The Kier molecular flexibility index (Phi) is 6.07. The summed E-state index contributed by atoms with van der Waals surface area (Å²) in [6.07, 6.45) is 5.47. The molecule has 4 nitrogen and oxygen atoms in total. The van der Waals surface area contributed by atoms with Gasteiger partial charge in [-0.2, -0.15) is 0 Å². The summed E-state index contributed by atoms with van der Waals surface area (Å²) in [6.45, 7) is 6.32. The van der Waals surface area contributed by atoms with Gasteiger partial charge in [0.2, 0.25) is 0 Å². The maximum Gasteiger partial charge on any atom is 0.317 e. The van der Waals surface area contributed by atoms with Crippen LogP contribution < -0.4 is 5.32 Å². The molecule has 0 saturated carbocycles. The van der Waals surface area contributed by atoms with Crippen LogP contribution in [0.4, 0.5) is 4.79 Å². The predicted octanol–water partition coefficient (Wildman–Crippen LogP) is 2.41. The summed E-state index contributed by atoms with van der Waals surface area (Å²) in [5.41, 5.74) is 1.02. The lowest BCUT2D eigenvalue weighted by atomic mass is 10.3. The number of pyridine rings is 1. The molecule has 1 aromatic rings. The van der Waals surface area contributed by atoms with E-state index in [2.05, 4.69) is 24.1 Å². The van der Waals surface area contributed by atoms with Crippen LogP contribution in [-0.2, 0) is 6.54 Å². The molecule has 4 heteroatoms. The van der Waals surface area contributed by atoms with E-state index in [1.807, 2.05) is 17.0 Å². The molecule has 0 unspecified atom stereocenters. The number of carbonyl (C=O) groups is 1. The van der Waals surface area contributed by atoms with Gasteiger partial charge in [-0.1, -0.05) is 19.9 Å². The number of amides is 2. The Balaban J connectivity index is 2.41. The van der Waals surface area contributed by atoms with Gasteiger partial charge in [-0.15, -0.1) is 0 Å². The molecule has 94 valence electrons. The molecular formula is C13H21N3O. The van der Waals surface area contributed by atoms with E-state index in [0.29, 0.717) is 6.54 Å². The molecule has 1 heterocycles. The fraction of sp³-hybridized carbons (Fsp3) is 0.538. The van der Waals surface area contributed by atoms with E-state index in [9.17, 15) is 4.79 Å². The van der Waals surface area contributed by atoms with Crippen molar-refractivity contribution in [1.82, 2.24) is 15.2 Å². The first-order chi connectivity index (χ1) is 8.27. The maximum atomic E-state index is 11.9. The Morgan fingerprint density at radius 3 is 2.59 bits per heavy atom. The van der Waals surface area contributed by atoms with Crippen LogP contribution in [0.1, 0.15) is 32.3 Å². The van der Waals surface area contributed by atoms with E-state index in [0.717, 1.165) is 31.5 Å². The van der Waals surface area contributed by atoms with E-state index in [1.165, 1.54) is 0 Å². The van der Waals surface area contributed by atoms with Crippen molar-refractivity contribution in [2.24, 2.45) is 0 Å². The van der Waals surface area contributed by atoms with Crippen LogP contribution in [0.15, 0.2) is 24.5 Å². The van der Waals surface area contributed by atoms with Gasteiger partial charge in [-0.25, -0.2) is 4.79 Å². The standard InChI is InChI=1S/C13H21N3O/c1-3-8-16(9-4-2)13(17)15-11-12-6-5-7-14-10-12/h5-7,10H,3-4,8-9,11H2,1-2H3,(H,15,17). The molecule has 0 saturated heterocycles. The molecule has 2 amide bonds. The molecule has 1 N–H and O–H groups in total. The zero-order valence-electron chi connectivity index (χ0n) is 10.6. The molecule has 0 bridgehead atoms. The molecule has 0 spiro atoms. The lowest BCUT2D eigenvalue weighted by Crippen LogP contribution is -2.40. The van der Waals surface area contributed by atoms with Gasteiger partial charge >= 0.3 is 6.03 Å². The molecule has 0 radical (unpaired) electrons. The minimum Gasteiger partial charge on any atom is -0.334 e. The van der Waals surface area contributed by atoms with Gasteiger partial charge in [-0.05, 0) is 24.5 Å². The van der Waals surface area contributed by atoms with Gasteiger partial charge in [0.1, 0.15) is 0 Å². The normalized spacial score (nSPS) is 10.0. The van der Waals surface area contributed by atoms with Crippen LogP contribution in [0.25, 0.3) is 0 Å². The minimum absolute atomic E-state index is 0.0116. The number of rotatable bonds is 6. The molecular weight excluding hydrogens is 214 g/mol. The van der Waals surface area contributed by atoms with Gasteiger partial charge in [0.25, 0.3) is 0 Å². The highest BCUT2D eigenvalue weighted by Gasteiger charge is 2.10. The Bertz CT molecular complexity index is 321. The van der Waals surface area contributed by atoms with E-state index in [1.54, 1.807) is 12.4 Å². The monoisotopic (exact) mass is 235 g/mol. The zero-order chi connectivity index (χ0) is 12.5. The molecule has 0 atom stereocenters. The van der Waals surface area contributed by atoms with Crippen LogP contribution in [0, 0.1) is 0 Å². The molecule has 0 aliphatic carbocycles. The second-order valence-electron chi connectivity index (χ2n) is 4.01. The summed E-state index contributed by atoms with van der Waals surface area (Å²) in [6, 6.07) is 3.84. The van der Waals surface area contributed by atoms with E-state index in [-0.39, 0.29) is 6.03 Å². The molecule has 1 rings (SSSR count). The van der Waals surface area contributed by atoms with Gasteiger partial charge in [0.05, 0.1) is 0 Å². The van der Waals surface area contributed by atoms with E-state index in [4.69, 9.17) is 0 Å². The molecule has 1 aromatic heterocycles. The molecule has 0 aromatic carbocycles. The van der Waals surface area contributed by atoms with Crippen molar-refractivity contribution in [2.45, 2.75) is 33.2 Å². The summed E-state index contributed by atoms with van der Waals surface area (Å²) in [5, 5.41) is 2.92. The van der Waals surface area contributed by atoms with Crippen LogP contribution in [0.3, 0.4) is 0 Å². The summed E-state index contributed by atoms with van der Waals surface area (Å²) in [4.78, 5) is 17.8. The van der Waals surface area contributed by atoms with Crippen molar-refractivity contribution in [1.29, 1.82) is 0 Å². The van der Waals surface area contributed by atoms with Gasteiger partial charge in [0, 0.05) is 32.0 Å². The zero-order valence-corrected chi connectivity index (χ0v) is 10.6. The van der Waals surface area contributed by atoms with Crippen LogP contribution >= 0.6 is 0 Å². The fourth-order valence-corrected chi connectivity index (χ4v) is 1.65. The number of hydrogen-bond donors (Lipinski definition) is 1. The molecule has 17 heavy (non-hydrogen) atoms. The van der Waals surface area contributed by atoms with Crippen molar-refractivity contribution in [3.05, 3.63) is 30.1 Å². The highest BCUT2D eigenvalue weighted by molar-refractivity contribution is 5.74. The lowest BCUT2D eigenvalue weighted by Gasteiger charge is -2.21. The highest BCUT2D eigenvalue weighted by Crippen LogP contribution is 1.98. The smallest absolute Gasteiger partial charge is 0.317 e. The van der Waals surface area contributed by atoms with Gasteiger partial charge in [0.15, 0.2) is 0 Å². The third-order valence-corrected chi connectivity index (χ3v) is 2.44. The Hall–Kier alpha value is -1.58. The van der Waals surface area contributed by atoms with Crippen molar-refractivity contribution in [3.8, 4) is 0 Å². The topological polar surface area (TPSA) is 45.2 Å². The highest BCUT2D eigenvalue weighted by atomic mass is 16.2. The summed E-state index contributed by atoms with van der Waals surface area (Å²) in [5.74, 6) is 0. The SMILES string of the molecule is CCCN(CCC)C(=O)NCc1cccnc1. The Morgan fingerprint density at radius 1 is 1.35 bits per heavy atom. The fourth-order valence-electron chi connectivity index (χ4n) is 1.65. The first kappa shape index (κ1) is 13.5. The van der Waals surface area contributed by atoms with Crippen LogP contribution in [0.5, 0.6) is 0 Å². The number of urea groups is 1. The third-order valence-electron chi connectivity index (χ3n) is 2.44. The van der Waals surface area contributed by atoms with Gasteiger partial charge < -0.3 is 10.2 Å². The van der Waals surface area contributed by atoms with Gasteiger partial charge in [-0.3, -0.25) is 4.98 Å². The predicted molar refractivity (Wildman–Crippen MR) is 68.6 cm³/mol. The minimum atomic E-state index is 0.0116. The quantitative estimate of drug-likeness (QED) is 0.823. The van der Waals surface area contributed by atoms with Crippen molar-refractivity contribution in [2.75, 3.05) is 13.1 Å². The molecule has 0 fully saturated rings.